The normalized spacial score (nSPS) is 10.8. The van der Waals surface area contributed by atoms with Crippen LogP contribution in [0.5, 0.6) is 0 Å². The molecule has 1 heterocycles. The smallest absolute Gasteiger partial charge is 0.242 e. The summed E-state index contributed by atoms with van der Waals surface area (Å²) in [5.74, 6) is -0.111. The molecule has 0 fully saturated rings. The Morgan fingerprint density at radius 3 is 2.68 bits per heavy atom. The van der Waals surface area contributed by atoms with E-state index < -0.39 is 0 Å². The Hall–Kier alpha value is -2.04. The summed E-state index contributed by atoms with van der Waals surface area (Å²) in [7, 11) is 0. The Morgan fingerprint density at radius 2 is 1.91 bits per heavy atom. The van der Waals surface area contributed by atoms with Gasteiger partial charge in [-0.3, -0.25) is 9.48 Å². The van der Waals surface area contributed by atoms with E-state index in [1.807, 2.05) is 24.3 Å². The number of carbonyl (C=O) groups is 1. The molecule has 1 amide bonds. The lowest BCUT2D eigenvalue weighted by Crippen LogP contribution is -2.27. The molecule has 1 aromatic heterocycles. The van der Waals surface area contributed by atoms with Gasteiger partial charge in [-0.2, -0.15) is 5.10 Å². The van der Waals surface area contributed by atoms with E-state index >= 15 is 0 Å². The molecule has 0 unspecified atom stereocenters. The maximum atomic E-state index is 12.0. The molecule has 0 aliphatic carbocycles. The number of rotatable bonds is 4. The van der Waals surface area contributed by atoms with Gasteiger partial charge in [-0.1, -0.05) is 41.4 Å². The van der Waals surface area contributed by atoms with Crippen LogP contribution in [0.4, 0.5) is 0 Å². The largest absolute Gasteiger partial charge is 0.350 e. The van der Waals surface area contributed by atoms with Crippen molar-refractivity contribution in [1.82, 2.24) is 15.1 Å². The number of aromatic nitrogens is 2. The fourth-order valence-corrected chi connectivity index (χ4v) is 2.53. The topological polar surface area (TPSA) is 46.9 Å². The van der Waals surface area contributed by atoms with Gasteiger partial charge in [-0.05, 0) is 29.8 Å². The lowest BCUT2D eigenvalue weighted by Gasteiger charge is -2.07. The fourth-order valence-electron chi connectivity index (χ4n) is 2.19. The Balaban J connectivity index is 1.66. The molecule has 22 heavy (non-hydrogen) atoms. The van der Waals surface area contributed by atoms with Gasteiger partial charge in [-0.25, -0.2) is 0 Å². The van der Waals surface area contributed by atoms with Gasteiger partial charge in [0.05, 0.1) is 16.7 Å². The van der Waals surface area contributed by atoms with E-state index in [0.29, 0.717) is 16.6 Å². The van der Waals surface area contributed by atoms with Gasteiger partial charge in [0, 0.05) is 17.0 Å². The Morgan fingerprint density at radius 1 is 1.14 bits per heavy atom. The summed E-state index contributed by atoms with van der Waals surface area (Å²) in [6.07, 6.45) is 1.67. The molecule has 2 aromatic carbocycles. The molecule has 0 saturated carbocycles. The van der Waals surface area contributed by atoms with Crippen molar-refractivity contribution >= 4 is 40.0 Å². The van der Waals surface area contributed by atoms with Gasteiger partial charge in [0.2, 0.25) is 5.91 Å². The second-order valence-corrected chi connectivity index (χ2v) is 5.72. The van der Waals surface area contributed by atoms with Crippen LogP contribution in [0.3, 0.4) is 0 Å². The van der Waals surface area contributed by atoms with Crippen LogP contribution in [0.25, 0.3) is 10.9 Å². The van der Waals surface area contributed by atoms with Crippen LogP contribution in [0, 0.1) is 0 Å². The van der Waals surface area contributed by atoms with E-state index in [2.05, 4.69) is 10.4 Å². The van der Waals surface area contributed by atoms with Crippen molar-refractivity contribution in [2.24, 2.45) is 0 Å². The number of benzene rings is 2. The molecule has 1 N–H and O–H groups in total. The lowest BCUT2D eigenvalue weighted by molar-refractivity contribution is -0.121. The first kappa shape index (κ1) is 14.9. The van der Waals surface area contributed by atoms with Gasteiger partial charge in [0.1, 0.15) is 6.54 Å². The van der Waals surface area contributed by atoms with Crippen molar-refractivity contribution in [2.45, 2.75) is 13.1 Å². The quantitative estimate of drug-likeness (QED) is 0.791. The molecule has 112 valence electrons. The minimum atomic E-state index is -0.111. The summed E-state index contributed by atoms with van der Waals surface area (Å²) >= 11 is 11.9. The average Bonchev–Trinajstić information content (AvgIpc) is 2.91. The van der Waals surface area contributed by atoms with E-state index in [1.165, 1.54) is 0 Å². The minimum Gasteiger partial charge on any atom is -0.350 e. The molecule has 3 rings (SSSR count). The Labute approximate surface area is 137 Å². The van der Waals surface area contributed by atoms with Crippen LogP contribution >= 0.6 is 23.2 Å². The number of carbonyl (C=O) groups excluding carboxylic acids is 1. The first-order chi connectivity index (χ1) is 10.6. The molecule has 4 nitrogen and oxygen atoms in total. The van der Waals surface area contributed by atoms with Crippen LogP contribution in [-0.4, -0.2) is 15.7 Å². The zero-order valence-corrected chi connectivity index (χ0v) is 13.1. The highest BCUT2D eigenvalue weighted by Crippen LogP contribution is 2.22. The summed E-state index contributed by atoms with van der Waals surface area (Å²) < 4.78 is 1.64. The van der Waals surface area contributed by atoms with Gasteiger partial charge < -0.3 is 5.32 Å². The second kappa shape index (κ2) is 6.38. The number of nitrogens with zero attached hydrogens (tertiary/aromatic N) is 2. The van der Waals surface area contributed by atoms with Crippen molar-refractivity contribution in [3.63, 3.8) is 0 Å². The number of amides is 1. The molecule has 0 atom stereocenters. The number of hydrogen-bond acceptors (Lipinski definition) is 2. The molecule has 0 aliphatic heterocycles. The molecular formula is C16H13Cl2N3O. The van der Waals surface area contributed by atoms with Crippen molar-refractivity contribution in [1.29, 1.82) is 0 Å². The lowest BCUT2D eigenvalue weighted by atomic mass is 10.2. The van der Waals surface area contributed by atoms with Crippen molar-refractivity contribution in [3.05, 3.63) is 64.3 Å². The van der Waals surface area contributed by atoms with Gasteiger partial charge >= 0.3 is 0 Å². The summed E-state index contributed by atoms with van der Waals surface area (Å²) in [6, 6.07) is 12.9. The van der Waals surface area contributed by atoms with E-state index in [-0.39, 0.29) is 12.5 Å². The molecule has 0 bridgehead atoms. The van der Waals surface area contributed by atoms with Crippen LogP contribution in [0.15, 0.2) is 48.7 Å². The number of hydrogen-bond donors (Lipinski definition) is 1. The highest BCUT2D eigenvalue weighted by molar-refractivity contribution is 6.35. The zero-order valence-electron chi connectivity index (χ0n) is 11.6. The predicted molar refractivity (Wildman–Crippen MR) is 88.0 cm³/mol. The molecule has 0 radical (unpaired) electrons. The SMILES string of the molecule is O=C(Cn1ncc2c(Cl)cccc21)NCc1ccc(Cl)cc1. The van der Waals surface area contributed by atoms with E-state index in [9.17, 15) is 4.79 Å². The summed E-state index contributed by atoms with van der Waals surface area (Å²) in [6.45, 7) is 0.605. The van der Waals surface area contributed by atoms with Gasteiger partial charge in [-0.15, -0.1) is 0 Å². The Kier molecular flexibility index (Phi) is 4.32. The van der Waals surface area contributed by atoms with Crippen LogP contribution in [0.2, 0.25) is 10.0 Å². The minimum absolute atomic E-state index is 0.111. The number of nitrogens with one attached hydrogen (secondary N) is 1. The van der Waals surface area contributed by atoms with E-state index in [0.717, 1.165) is 16.5 Å². The summed E-state index contributed by atoms with van der Waals surface area (Å²) in [4.78, 5) is 12.0. The fraction of sp³-hybridized carbons (Fsp3) is 0.125. The van der Waals surface area contributed by atoms with Crippen LogP contribution in [-0.2, 0) is 17.9 Å². The van der Waals surface area contributed by atoms with Crippen molar-refractivity contribution in [2.75, 3.05) is 0 Å². The van der Waals surface area contributed by atoms with Gasteiger partial charge in [0.15, 0.2) is 0 Å². The van der Waals surface area contributed by atoms with E-state index in [1.54, 1.807) is 29.1 Å². The van der Waals surface area contributed by atoms with Crippen molar-refractivity contribution < 1.29 is 4.79 Å². The zero-order chi connectivity index (χ0) is 15.5. The standard InChI is InChI=1S/C16H13Cl2N3O/c17-12-6-4-11(5-7-12)8-19-16(22)10-21-15-3-1-2-14(18)13(15)9-20-21/h1-7,9H,8,10H2,(H,19,22). The molecule has 0 saturated heterocycles. The third-order valence-electron chi connectivity index (χ3n) is 3.33. The highest BCUT2D eigenvalue weighted by atomic mass is 35.5. The first-order valence-corrected chi connectivity index (χ1v) is 7.50. The molecular weight excluding hydrogens is 321 g/mol. The summed E-state index contributed by atoms with van der Waals surface area (Å²) in [5.41, 5.74) is 1.83. The predicted octanol–water partition coefficient (Wildman–Crippen LogP) is 3.66. The van der Waals surface area contributed by atoms with Crippen LogP contribution in [0.1, 0.15) is 5.56 Å². The monoisotopic (exact) mass is 333 g/mol. The molecule has 3 aromatic rings. The third-order valence-corrected chi connectivity index (χ3v) is 3.91. The Bertz CT molecular complexity index is 812. The van der Waals surface area contributed by atoms with Gasteiger partial charge in [0.25, 0.3) is 0 Å². The number of halogens is 2. The molecule has 0 spiro atoms. The van der Waals surface area contributed by atoms with Crippen molar-refractivity contribution in [3.8, 4) is 0 Å². The summed E-state index contributed by atoms with van der Waals surface area (Å²) in [5, 5.41) is 9.22. The average molecular weight is 334 g/mol. The maximum Gasteiger partial charge on any atom is 0.242 e. The highest BCUT2D eigenvalue weighted by Gasteiger charge is 2.09. The van der Waals surface area contributed by atoms with Crippen LogP contribution < -0.4 is 5.32 Å². The molecule has 6 heteroatoms. The second-order valence-electron chi connectivity index (χ2n) is 4.88. The first-order valence-electron chi connectivity index (χ1n) is 6.74. The molecule has 0 aliphatic rings. The van der Waals surface area contributed by atoms with E-state index in [4.69, 9.17) is 23.2 Å². The maximum absolute atomic E-state index is 12.0. The third kappa shape index (κ3) is 3.24. The number of fused-ring (bicyclic) bond motifs is 1.